The molecule has 0 spiro atoms. The van der Waals surface area contributed by atoms with Crippen molar-refractivity contribution < 1.29 is 29.4 Å². The van der Waals surface area contributed by atoms with Crippen LogP contribution in [0.2, 0.25) is 0 Å². The molecule has 2 amide bonds. The summed E-state index contributed by atoms with van der Waals surface area (Å²) in [5, 5.41) is 21.6. The van der Waals surface area contributed by atoms with Gasteiger partial charge in [-0.3, -0.25) is 19.2 Å². The Hall–Kier alpha value is -2.12. The van der Waals surface area contributed by atoms with Gasteiger partial charge in [0.25, 0.3) is 0 Å². The van der Waals surface area contributed by atoms with Crippen LogP contribution in [-0.2, 0) is 19.2 Å². The van der Waals surface area contributed by atoms with Crippen LogP contribution in [-0.4, -0.2) is 47.1 Å². The van der Waals surface area contributed by atoms with Gasteiger partial charge in [0.2, 0.25) is 11.8 Å². The van der Waals surface area contributed by atoms with Crippen LogP contribution in [0.15, 0.2) is 0 Å². The topological polar surface area (TPSA) is 133 Å². The molecule has 0 saturated heterocycles. The summed E-state index contributed by atoms with van der Waals surface area (Å²) in [4.78, 5) is 44.6. The zero-order valence-electron chi connectivity index (χ0n) is 10.9. The lowest BCUT2D eigenvalue weighted by molar-refractivity contribution is -0.142. The molecule has 4 N–H and O–H groups in total. The van der Waals surface area contributed by atoms with E-state index in [9.17, 15) is 19.2 Å². The SMILES string of the molecule is O=C(O)CNC(=O)C1CCCCC1C(=O)NCC(=O)O. The molecule has 112 valence electrons. The number of hydrogen-bond donors (Lipinski definition) is 4. The van der Waals surface area contributed by atoms with Crippen LogP contribution < -0.4 is 10.6 Å². The van der Waals surface area contributed by atoms with Gasteiger partial charge in [-0.2, -0.15) is 0 Å². The molecular weight excluding hydrogens is 268 g/mol. The molecule has 0 bridgehead atoms. The molecule has 2 unspecified atom stereocenters. The Balaban J connectivity index is 2.61. The Morgan fingerprint density at radius 1 is 0.800 bits per heavy atom. The maximum Gasteiger partial charge on any atom is 0.322 e. The van der Waals surface area contributed by atoms with Gasteiger partial charge in [-0.1, -0.05) is 12.8 Å². The predicted octanol–water partition coefficient (Wildman–Crippen LogP) is -0.806. The zero-order chi connectivity index (χ0) is 15.1. The highest BCUT2D eigenvalue weighted by Crippen LogP contribution is 2.30. The number of amides is 2. The van der Waals surface area contributed by atoms with Gasteiger partial charge in [0.15, 0.2) is 0 Å². The van der Waals surface area contributed by atoms with Crippen molar-refractivity contribution in [1.29, 1.82) is 0 Å². The fourth-order valence-corrected chi connectivity index (χ4v) is 2.35. The smallest absolute Gasteiger partial charge is 0.322 e. The summed E-state index contributed by atoms with van der Waals surface area (Å²) < 4.78 is 0. The summed E-state index contributed by atoms with van der Waals surface area (Å²) in [6.45, 7) is -0.975. The molecule has 0 aromatic carbocycles. The number of rotatable bonds is 6. The lowest BCUT2D eigenvalue weighted by atomic mass is 9.78. The minimum Gasteiger partial charge on any atom is -0.480 e. The van der Waals surface area contributed by atoms with E-state index in [0.717, 1.165) is 12.8 Å². The molecular formula is C12H18N2O6. The molecule has 1 fully saturated rings. The van der Waals surface area contributed by atoms with Crippen molar-refractivity contribution >= 4 is 23.8 Å². The fourth-order valence-electron chi connectivity index (χ4n) is 2.35. The zero-order valence-corrected chi connectivity index (χ0v) is 10.9. The summed E-state index contributed by atoms with van der Waals surface area (Å²) in [6, 6.07) is 0. The van der Waals surface area contributed by atoms with E-state index in [1.165, 1.54) is 0 Å². The molecule has 1 aliphatic rings. The van der Waals surface area contributed by atoms with E-state index in [2.05, 4.69) is 10.6 Å². The summed E-state index contributed by atoms with van der Waals surface area (Å²) in [6.07, 6.45) is 2.56. The van der Waals surface area contributed by atoms with E-state index in [-0.39, 0.29) is 0 Å². The van der Waals surface area contributed by atoms with Crippen LogP contribution in [0.4, 0.5) is 0 Å². The van der Waals surface area contributed by atoms with Crippen LogP contribution in [0.25, 0.3) is 0 Å². The van der Waals surface area contributed by atoms with Gasteiger partial charge in [-0.05, 0) is 12.8 Å². The Labute approximate surface area is 115 Å². The third-order valence-corrected chi connectivity index (χ3v) is 3.27. The molecule has 20 heavy (non-hydrogen) atoms. The monoisotopic (exact) mass is 286 g/mol. The predicted molar refractivity (Wildman–Crippen MR) is 66.7 cm³/mol. The van der Waals surface area contributed by atoms with Crippen molar-refractivity contribution in [1.82, 2.24) is 10.6 Å². The van der Waals surface area contributed by atoms with E-state index < -0.39 is 48.7 Å². The van der Waals surface area contributed by atoms with Crippen molar-refractivity contribution in [3.63, 3.8) is 0 Å². The van der Waals surface area contributed by atoms with E-state index in [4.69, 9.17) is 10.2 Å². The molecule has 0 aliphatic heterocycles. The van der Waals surface area contributed by atoms with Crippen molar-refractivity contribution in [3.8, 4) is 0 Å². The van der Waals surface area contributed by atoms with Gasteiger partial charge >= 0.3 is 11.9 Å². The molecule has 0 aromatic rings. The van der Waals surface area contributed by atoms with Crippen molar-refractivity contribution in [2.45, 2.75) is 25.7 Å². The van der Waals surface area contributed by atoms with E-state index in [1.54, 1.807) is 0 Å². The third-order valence-electron chi connectivity index (χ3n) is 3.27. The highest BCUT2D eigenvalue weighted by Gasteiger charge is 2.35. The van der Waals surface area contributed by atoms with Gasteiger partial charge < -0.3 is 20.8 Å². The van der Waals surface area contributed by atoms with Crippen LogP contribution in [0.1, 0.15) is 25.7 Å². The van der Waals surface area contributed by atoms with Crippen molar-refractivity contribution in [3.05, 3.63) is 0 Å². The first-order valence-electron chi connectivity index (χ1n) is 6.41. The van der Waals surface area contributed by atoms with Gasteiger partial charge in [-0.15, -0.1) is 0 Å². The molecule has 0 heterocycles. The van der Waals surface area contributed by atoms with Gasteiger partial charge in [0.1, 0.15) is 13.1 Å². The standard InChI is InChI=1S/C12H18N2O6/c15-9(16)5-13-11(19)7-3-1-2-4-8(7)12(20)14-6-10(17)18/h7-8H,1-6H2,(H,13,19)(H,14,20)(H,15,16)(H,17,18). The molecule has 0 radical (unpaired) electrons. The first-order valence-corrected chi connectivity index (χ1v) is 6.41. The second-order valence-corrected chi connectivity index (χ2v) is 4.72. The van der Waals surface area contributed by atoms with Crippen molar-refractivity contribution in [2.24, 2.45) is 11.8 Å². The number of nitrogens with one attached hydrogen (secondary N) is 2. The molecule has 2 atom stereocenters. The molecule has 8 nitrogen and oxygen atoms in total. The van der Waals surface area contributed by atoms with Crippen LogP contribution in [0, 0.1) is 11.8 Å². The van der Waals surface area contributed by atoms with Crippen LogP contribution >= 0.6 is 0 Å². The number of aliphatic carboxylic acids is 2. The first kappa shape index (κ1) is 15.9. The Morgan fingerprint density at radius 2 is 1.15 bits per heavy atom. The highest BCUT2D eigenvalue weighted by molar-refractivity contribution is 5.90. The maximum absolute atomic E-state index is 11.9. The fraction of sp³-hybridized carbons (Fsp3) is 0.667. The largest absolute Gasteiger partial charge is 0.480 e. The van der Waals surface area contributed by atoms with Gasteiger partial charge in [-0.25, -0.2) is 0 Å². The number of carbonyl (C=O) groups excluding carboxylic acids is 2. The minimum absolute atomic E-state index is 0.470. The van der Waals surface area contributed by atoms with Gasteiger partial charge in [0.05, 0.1) is 0 Å². The molecule has 8 heteroatoms. The van der Waals surface area contributed by atoms with Crippen LogP contribution in [0.3, 0.4) is 0 Å². The number of carbonyl (C=O) groups is 4. The molecule has 1 saturated carbocycles. The Morgan fingerprint density at radius 3 is 1.45 bits per heavy atom. The average Bonchev–Trinajstić information content (AvgIpc) is 2.42. The summed E-state index contributed by atoms with van der Waals surface area (Å²) in [7, 11) is 0. The number of carboxylic acids is 2. The Bertz CT molecular complexity index is 371. The third kappa shape index (κ3) is 4.87. The van der Waals surface area contributed by atoms with Gasteiger partial charge in [0, 0.05) is 11.8 Å². The highest BCUT2D eigenvalue weighted by atomic mass is 16.4. The first-order chi connectivity index (χ1) is 9.41. The summed E-state index contributed by atoms with van der Waals surface area (Å²) >= 11 is 0. The number of carboxylic acid groups (broad SMARTS) is 2. The minimum atomic E-state index is -1.15. The Kier molecular flexibility index (Phi) is 5.95. The lowest BCUT2D eigenvalue weighted by Crippen LogP contribution is -2.45. The quantitative estimate of drug-likeness (QED) is 0.505. The van der Waals surface area contributed by atoms with Crippen molar-refractivity contribution in [2.75, 3.05) is 13.1 Å². The maximum atomic E-state index is 11.9. The molecule has 1 aliphatic carbocycles. The average molecular weight is 286 g/mol. The normalized spacial score (nSPS) is 21.8. The van der Waals surface area contributed by atoms with E-state index >= 15 is 0 Å². The van der Waals surface area contributed by atoms with E-state index in [1.807, 2.05) is 0 Å². The second-order valence-electron chi connectivity index (χ2n) is 4.72. The number of hydrogen-bond acceptors (Lipinski definition) is 4. The summed E-state index contributed by atoms with van der Waals surface area (Å²) in [5.41, 5.74) is 0. The van der Waals surface area contributed by atoms with Crippen LogP contribution in [0.5, 0.6) is 0 Å². The summed E-state index contributed by atoms with van der Waals surface area (Å²) in [5.74, 6) is -4.44. The van der Waals surface area contributed by atoms with E-state index in [0.29, 0.717) is 12.8 Å². The molecule has 1 rings (SSSR count). The lowest BCUT2D eigenvalue weighted by Gasteiger charge is -2.29. The molecule has 0 aromatic heterocycles. The second kappa shape index (κ2) is 7.46.